The Morgan fingerprint density at radius 1 is 1.00 bits per heavy atom. The molecule has 0 heterocycles. The first-order valence-corrected chi connectivity index (χ1v) is 9.06. The number of rotatable bonds is 6. The van der Waals surface area contributed by atoms with Crippen molar-refractivity contribution in [3.8, 4) is 11.5 Å². The van der Waals surface area contributed by atoms with E-state index in [1.54, 1.807) is 14.2 Å². The van der Waals surface area contributed by atoms with Crippen LogP contribution in [-0.2, 0) is 10.2 Å². The second-order valence-electron chi connectivity index (χ2n) is 7.70. The molecule has 2 aromatic carbocycles. The van der Waals surface area contributed by atoms with Crippen molar-refractivity contribution in [1.82, 2.24) is 0 Å². The van der Waals surface area contributed by atoms with Crippen molar-refractivity contribution in [3.63, 3.8) is 0 Å². The van der Waals surface area contributed by atoms with E-state index in [0.717, 1.165) is 16.9 Å². The quantitative estimate of drug-likeness (QED) is 0.770. The van der Waals surface area contributed by atoms with E-state index in [1.165, 1.54) is 5.56 Å². The third-order valence-electron chi connectivity index (χ3n) is 4.51. The number of anilines is 2. The van der Waals surface area contributed by atoms with Crippen molar-refractivity contribution in [2.24, 2.45) is 0 Å². The van der Waals surface area contributed by atoms with E-state index in [2.05, 4.69) is 31.4 Å². The second kappa shape index (κ2) is 8.33. The summed E-state index contributed by atoms with van der Waals surface area (Å²) in [5.74, 6) is 1.18. The molecule has 0 aliphatic heterocycles. The third kappa shape index (κ3) is 5.16. The van der Waals surface area contributed by atoms with Crippen LogP contribution in [-0.4, -0.2) is 26.2 Å². The summed E-state index contributed by atoms with van der Waals surface area (Å²) in [6.07, 6.45) is 0. The highest BCUT2D eigenvalue weighted by atomic mass is 16.5. The molecule has 27 heavy (non-hydrogen) atoms. The summed E-state index contributed by atoms with van der Waals surface area (Å²) in [4.78, 5) is 12.6. The van der Waals surface area contributed by atoms with Gasteiger partial charge in [-0.25, -0.2) is 0 Å². The zero-order valence-electron chi connectivity index (χ0n) is 17.3. The molecule has 1 unspecified atom stereocenters. The van der Waals surface area contributed by atoms with Gasteiger partial charge in [-0.1, -0.05) is 32.9 Å². The van der Waals surface area contributed by atoms with Crippen LogP contribution >= 0.6 is 0 Å². The van der Waals surface area contributed by atoms with Gasteiger partial charge in [0.1, 0.15) is 6.04 Å². The number of nitrogens with one attached hydrogen (secondary N) is 2. The molecular formula is C22H30N2O3. The van der Waals surface area contributed by atoms with Crippen LogP contribution in [0.15, 0.2) is 36.4 Å². The molecule has 146 valence electrons. The number of methoxy groups -OCH3 is 2. The number of aryl methyl sites for hydroxylation is 1. The Morgan fingerprint density at radius 3 is 2.07 bits per heavy atom. The molecule has 0 bridgehead atoms. The molecular weight excluding hydrogens is 340 g/mol. The third-order valence-corrected chi connectivity index (χ3v) is 4.51. The molecule has 0 aliphatic carbocycles. The first-order valence-electron chi connectivity index (χ1n) is 9.06. The van der Waals surface area contributed by atoms with E-state index in [1.807, 2.05) is 50.2 Å². The van der Waals surface area contributed by atoms with Gasteiger partial charge < -0.3 is 20.1 Å². The van der Waals surface area contributed by atoms with Gasteiger partial charge in [-0.3, -0.25) is 4.79 Å². The molecule has 0 radical (unpaired) electrons. The maximum absolute atomic E-state index is 12.6. The Kier molecular flexibility index (Phi) is 6.37. The maximum Gasteiger partial charge on any atom is 0.246 e. The highest BCUT2D eigenvalue weighted by Crippen LogP contribution is 2.33. The fourth-order valence-electron chi connectivity index (χ4n) is 2.74. The molecule has 0 spiro atoms. The first-order chi connectivity index (χ1) is 12.7. The number of hydrogen-bond acceptors (Lipinski definition) is 4. The zero-order valence-corrected chi connectivity index (χ0v) is 17.3. The standard InChI is InChI=1S/C22H30N2O3/c1-14-12-19(26-6)20(27-7)13-18(14)23-15(2)21(25)24-17-10-8-16(9-11-17)22(3,4)5/h8-13,15,23H,1-7H3,(H,24,25). The Morgan fingerprint density at radius 2 is 1.56 bits per heavy atom. The minimum atomic E-state index is -0.413. The monoisotopic (exact) mass is 370 g/mol. The summed E-state index contributed by atoms with van der Waals surface area (Å²) in [5, 5.41) is 6.20. The molecule has 2 aromatic rings. The molecule has 2 rings (SSSR count). The van der Waals surface area contributed by atoms with Crippen LogP contribution in [0.1, 0.15) is 38.8 Å². The van der Waals surface area contributed by atoms with Crippen molar-refractivity contribution in [1.29, 1.82) is 0 Å². The molecule has 1 amide bonds. The van der Waals surface area contributed by atoms with Crippen LogP contribution < -0.4 is 20.1 Å². The summed E-state index contributed by atoms with van der Waals surface area (Å²) in [7, 11) is 3.19. The fraction of sp³-hybridized carbons (Fsp3) is 0.409. The van der Waals surface area contributed by atoms with E-state index in [0.29, 0.717) is 11.5 Å². The molecule has 0 saturated heterocycles. The van der Waals surface area contributed by atoms with E-state index < -0.39 is 6.04 Å². The lowest BCUT2D eigenvalue weighted by atomic mass is 9.87. The lowest BCUT2D eigenvalue weighted by molar-refractivity contribution is -0.116. The molecule has 1 atom stereocenters. The largest absolute Gasteiger partial charge is 0.493 e. The summed E-state index contributed by atoms with van der Waals surface area (Å²) in [5.41, 5.74) is 3.90. The van der Waals surface area contributed by atoms with E-state index >= 15 is 0 Å². The highest BCUT2D eigenvalue weighted by Gasteiger charge is 2.17. The average Bonchev–Trinajstić information content (AvgIpc) is 2.62. The van der Waals surface area contributed by atoms with Crippen LogP contribution in [0.5, 0.6) is 11.5 Å². The van der Waals surface area contributed by atoms with Crippen LogP contribution in [0.3, 0.4) is 0 Å². The number of hydrogen-bond donors (Lipinski definition) is 2. The first kappa shape index (κ1) is 20.6. The van der Waals surface area contributed by atoms with Crippen molar-refractivity contribution in [2.45, 2.75) is 46.1 Å². The van der Waals surface area contributed by atoms with E-state index in [4.69, 9.17) is 9.47 Å². The lowest BCUT2D eigenvalue weighted by Gasteiger charge is -2.20. The van der Waals surface area contributed by atoms with Crippen LogP contribution in [0.4, 0.5) is 11.4 Å². The van der Waals surface area contributed by atoms with Crippen LogP contribution in [0.25, 0.3) is 0 Å². The van der Waals surface area contributed by atoms with E-state index in [-0.39, 0.29) is 11.3 Å². The van der Waals surface area contributed by atoms with Gasteiger partial charge in [0.2, 0.25) is 5.91 Å². The molecule has 5 heteroatoms. The number of benzene rings is 2. The average molecular weight is 370 g/mol. The number of carbonyl (C=O) groups is 1. The van der Waals surface area contributed by atoms with Crippen molar-refractivity contribution < 1.29 is 14.3 Å². The van der Waals surface area contributed by atoms with Gasteiger partial charge in [-0.2, -0.15) is 0 Å². The Balaban J connectivity index is 2.08. The molecule has 0 aromatic heterocycles. The van der Waals surface area contributed by atoms with Crippen molar-refractivity contribution in [3.05, 3.63) is 47.5 Å². The normalized spacial score (nSPS) is 12.3. The van der Waals surface area contributed by atoms with Crippen molar-refractivity contribution in [2.75, 3.05) is 24.9 Å². The lowest BCUT2D eigenvalue weighted by Crippen LogP contribution is -2.32. The Bertz CT molecular complexity index is 792. The topological polar surface area (TPSA) is 59.6 Å². The SMILES string of the molecule is COc1cc(C)c(NC(C)C(=O)Nc2ccc(C(C)(C)C)cc2)cc1OC. The molecule has 2 N–H and O–H groups in total. The number of amides is 1. The summed E-state index contributed by atoms with van der Waals surface area (Å²) < 4.78 is 10.6. The van der Waals surface area contributed by atoms with Gasteiger partial charge >= 0.3 is 0 Å². The minimum absolute atomic E-state index is 0.0856. The maximum atomic E-state index is 12.6. The van der Waals surface area contributed by atoms with Gasteiger partial charge in [0, 0.05) is 17.4 Å². The summed E-state index contributed by atoms with van der Waals surface area (Å²) in [6, 6.07) is 11.3. The predicted octanol–water partition coefficient (Wildman–Crippen LogP) is 4.75. The summed E-state index contributed by atoms with van der Waals surface area (Å²) >= 11 is 0. The minimum Gasteiger partial charge on any atom is -0.493 e. The Labute approximate surface area is 162 Å². The zero-order chi connectivity index (χ0) is 20.2. The highest BCUT2D eigenvalue weighted by molar-refractivity contribution is 5.96. The van der Waals surface area contributed by atoms with E-state index in [9.17, 15) is 4.79 Å². The van der Waals surface area contributed by atoms with Crippen LogP contribution in [0.2, 0.25) is 0 Å². The molecule has 0 aliphatic rings. The summed E-state index contributed by atoms with van der Waals surface area (Å²) in [6.45, 7) is 10.3. The Hall–Kier alpha value is -2.69. The van der Waals surface area contributed by atoms with Gasteiger partial charge in [0.05, 0.1) is 14.2 Å². The molecule has 5 nitrogen and oxygen atoms in total. The van der Waals surface area contributed by atoms with Gasteiger partial charge in [0.25, 0.3) is 0 Å². The predicted molar refractivity (Wildman–Crippen MR) is 111 cm³/mol. The smallest absolute Gasteiger partial charge is 0.246 e. The van der Waals surface area contributed by atoms with Gasteiger partial charge in [-0.05, 0) is 48.6 Å². The second-order valence-corrected chi connectivity index (χ2v) is 7.70. The van der Waals surface area contributed by atoms with Gasteiger partial charge in [0.15, 0.2) is 11.5 Å². The molecule has 0 saturated carbocycles. The molecule has 0 fully saturated rings. The number of carbonyl (C=O) groups excluding carboxylic acids is 1. The fourth-order valence-corrected chi connectivity index (χ4v) is 2.74. The number of ether oxygens (including phenoxy) is 2. The van der Waals surface area contributed by atoms with Crippen LogP contribution in [0, 0.1) is 6.92 Å². The van der Waals surface area contributed by atoms with Gasteiger partial charge in [-0.15, -0.1) is 0 Å². The van der Waals surface area contributed by atoms with Crippen molar-refractivity contribution >= 4 is 17.3 Å².